The van der Waals surface area contributed by atoms with Crippen molar-refractivity contribution in [3.63, 3.8) is 0 Å². The predicted molar refractivity (Wildman–Crippen MR) is 131 cm³/mol. The Kier molecular flexibility index (Phi) is 5.93. The zero-order chi connectivity index (χ0) is 24.7. The van der Waals surface area contributed by atoms with Crippen LogP contribution in [0.4, 0.5) is 22.0 Å². The summed E-state index contributed by atoms with van der Waals surface area (Å²) in [4.78, 5) is 20.9. The van der Waals surface area contributed by atoms with Crippen molar-refractivity contribution in [1.29, 1.82) is 5.26 Å². The number of hydrogen-bond donors (Lipinski definition) is 1. The zero-order valence-corrected chi connectivity index (χ0v) is 20.6. The molecule has 0 saturated carbocycles. The maximum Gasteiger partial charge on any atom is 0.410 e. The Hall–Kier alpha value is -3.51. The molecule has 3 aliphatic heterocycles. The third-order valence-electron chi connectivity index (χ3n) is 6.51. The van der Waals surface area contributed by atoms with Crippen molar-refractivity contribution in [3.05, 3.63) is 41.1 Å². The van der Waals surface area contributed by atoms with Gasteiger partial charge in [0.05, 0.1) is 30.0 Å². The summed E-state index contributed by atoms with van der Waals surface area (Å²) in [6, 6.07) is 8.19. The largest absolute Gasteiger partial charge is 0.482 e. The van der Waals surface area contributed by atoms with Crippen LogP contribution in [0.25, 0.3) is 0 Å². The van der Waals surface area contributed by atoms with Crippen molar-refractivity contribution in [2.45, 2.75) is 45.3 Å². The van der Waals surface area contributed by atoms with Gasteiger partial charge in [-0.2, -0.15) is 5.26 Å². The highest BCUT2D eigenvalue weighted by Gasteiger charge is 2.36. The van der Waals surface area contributed by atoms with Gasteiger partial charge in [0.1, 0.15) is 23.6 Å². The average molecular weight is 478 g/mol. The van der Waals surface area contributed by atoms with E-state index in [4.69, 9.17) is 14.2 Å². The van der Waals surface area contributed by atoms with E-state index in [1.54, 1.807) is 11.1 Å². The Morgan fingerprint density at radius 3 is 2.69 bits per heavy atom. The lowest BCUT2D eigenvalue weighted by Gasteiger charge is -2.40. The molecule has 4 heterocycles. The van der Waals surface area contributed by atoms with E-state index in [9.17, 15) is 10.1 Å². The summed E-state index contributed by atoms with van der Waals surface area (Å²) in [7, 11) is 0. The molecule has 1 N–H and O–H groups in total. The molecule has 5 rings (SSSR count). The third kappa shape index (κ3) is 4.58. The number of aromatic nitrogens is 1. The quantitative estimate of drug-likeness (QED) is 0.683. The van der Waals surface area contributed by atoms with E-state index < -0.39 is 5.60 Å². The SMILES string of the molecule is CC1Oc2c(C#N)cc(C3CN(C(=O)OC(C)(C)C)C3)cc2Nc2nccc(N3CCOCC3)c21. The number of nitriles is 1. The Morgan fingerprint density at radius 2 is 2.00 bits per heavy atom. The fraction of sp³-hybridized carbons (Fsp3) is 0.500. The molecule has 1 aromatic carbocycles. The molecular formula is C26H31N5O4. The van der Waals surface area contributed by atoms with Gasteiger partial charge in [0.15, 0.2) is 5.75 Å². The first-order valence-corrected chi connectivity index (χ1v) is 12.0. The highest BCUT2D eigenvalue weighted by atomic mass is 16.6. The number of pyridine rings is 1. The fourth-order valence-corrected chi connectivity index (χ4v) is 4.76. The number of ether oxygens (including phenoxy) is 3. The number of likely N-dealkylation sites (tertiary alicyclic amines) is 1. The topological polar surface area (TPSA) is 100.0 Å². The molecular weight excluding hydrogens is 446 g/mol. The number of fused-ring (bicyclic) bond motifs is 2. The van der Waals surface area contributed by atoms with Crippen LogP contribution in [0.15, 0.2) is 24.4 Å². The molecule has 1 aromatic heterocycles. The van der Waals surface area contributed by atoms with E-state index in [-0.39, 0.29) is 18.1 Å². The second-order valence-electron chi connectivity index (χ2n) is 10.2. The number of carbonyl (C=O) groups excluding carboxylic acids is 1. The molecule has 1 unspecified atom stereocenters. The number of nitrogens with one attached hydrogen (secondary N) is 1. The van der Waals surface area contributed by atoms with Crippen LogP contribution in [0.3, 0.4) is 0 Å². The second kappa shape index (κ2) is 8.93. The normalized spacial score (nSPS) is 19.8. The summed E-state index contributed by atoms with van der Waals surface area (Å²) >= 11 is 0. The van der Waals surface area contributed by atoms with Crippen molar-refractivity contribution < 1.29 is 19.0 Å². The second-order valence-corrected chi connectivity index (χ2v) is 10.2. The van der Waals surface area contributed by atoms with Gasteiger partial charge in [-0.15, -0.1) is 0 Å². The maximum absolute atomic E-state index is 12.4. The van der Waals surface area contributed by atoms with E-state index in [2.05, 4.69) is 21.3 Å². The van der Waals surface area contributed by atoms with Gasteiger partial charge in [0.2, 0.25) is 0 Å². The van der Waals surface area contributed by atoms with Crippen molar-refractivity contribution in [2.24, 2.45) is 0 Å². The van der Waals surface area contributed by atoms with Gasteiger partial charge in [-0.25, -0.2) is 9.78 Å². The molecule has 2 fully saturated rings. The molecule has 3 aliphatic rings. The van der Waals surface area contributed by atoms with Crippen LogP contribution < -0.4 is 15.0 Å². The zero-order valence-electron chi connectivity index (χ0n) is 20.6. The average Bonchev–Trinajstić information content (AvgIpc) is 2.92. The minimum Gasteiger partial charge on any atom is -0.482 e. The van der Waals surface area contributed by atoms with Gasteiger partial charge in [-0.1, -0.05) is 0 Å². The minimum absolute atomic E-state index is 0.120. The van der Waals surface area contributed by atoms with Crippen LogP contribution in [-0.2, 0) is 9.47 Å². The Bertz CT molecular complexity index is 1170. The van der Waals surface area contributed by atoms with Crippen LogP contribution in [0.5, 0.6) is 5.75 Å². The molecule has 0 bridgehead atoms. The lowest BCUT2D eigenvalue weighted by Crippen LogP contribution is -2.50. The van der Waals surface area contributed by atoms with Crippen molar-refractivity contribution in [2.75, 3.05) is 49.6 Å². The number of hydrogen-bond acceptors (Lipinski definition) is 8. The molecule has 0 spiro atoms. The molecule has 9 nitrogen and oxygen atoms in total. The Balaban J connectivity index is 1.42. The van der Waals surface area contributed by atoms with Crippen LogP contribution in [-0.4, -0.2) is 61.0 Å². The molecule has 35 heavy (non-hydrogen) atoms. The van der Waals surface area contributed by atoms with Crippen LogP contribution in [0.1, 0.15) is 56.4 Å². The van der Waals surface area contributed by atoms with Crippen molar-refractivity contribution in [1.82, 2.24) is 9.88 Å². The number of benzene rings is 1. The smallest absolute Gasteiger partial charge is 0.410 e. The van der Waals surface area contributed by atoms with Crippen molar-refractivity contribution in [3.8, 4) is 11.8 Å². The number of nitrogens with zero attached hydrogens (tertiary/aromatic N) is 4. The van der Waals surface area contributed by atoms with Crippen LogP contribution in [0.2, 0.25) is 0 Å². The summed E-state index contributed by atoms with van der Waals surface area (Å²) in [5.41, 5.74) is 3.67. The van der Waals surface area contributed by atoms with Gasteiger partial charge in [0, 0.05) is 44.0 Å². The minimum atomic E-state index is -0.529. The summed E-state index contributed by atoms with van der Waals surface area (Å²) in [6.07, 6.45) is 1.19. The number of rotatable bonds is 2. The molecule has 2 saturated heterocycles. The highest BCUT2D eigenvalue weighted by molar-refractivity contribution is 5.77. The van der Waals surface area contributed by atoms with Gasteiger partial charge >= 0.3 is 6.09 Å². The maximum atomic E-state index is 12.4. The Morgan fingerprint density at radius 1 is 1.26 bits per heavy atom. The lowest BCUT2D eigenvalue weighted by molar-refractivity contribution is 0.00819. The van der Waals surface area contributed by atoms with E-state index in [0.717, 1.165) is 35.7 Å². The highest BCUT2D eigenvalue weighted by Crippen LogP contribution is 2.45. The van der Waals surface area contributed by atoms with Gasteiger partial charge < -0.3 is 29.3 Å². The number of carbonyl (C=O) groups is 1. The molecule has 0 aliphatic carbocycles. The monoisotopic (exact) mass is 477 g/mol. The van der Waals surface area contributed by atoms with E-state index in [1.807, 2.05) is 45.9 Å². The van der Waals surface area contributed by atoms with Gasteiger partial charge in [-0.3, -0.25) is 0 Å². The first-order valence-electron chi connectivity index (χ1n) is 12.0. The standard InChI is InChI=1S/C26H31N5O4/c1-16-22-21(30-7-9-33-10-8-30)5-6-28-24(22)29-20-12-17(11-18(13-27)23(20)34-16)19-14-31(15-19)25(32)35-26(2,3)4/h5-6,11-12,16,19H,7-10,14-15H2,1-4H3,(H,28,29). The van der Waals surface area contributed by atoms with E-state index in [0.29, 0.717) is 43.3 Å². The lowest BCUT2D eigenvalue weighted by atomic mass is 9.90. The predicted octanol–water partition coefficient (Wildman–Crippen LogP) is 4.32. The molecule has 9 heteroatoms. The number of anilines is 3. The summed E-state index contributed by atoms with van der Waals surface area (Å²) in [5, 5.41) is 13.4. The summed E-state index contributed by atoms with van der Waals surface area (Å²) in [5.74, 6) is 1.37. The molecule has 2 aromatic rings. The van der Waals surface area contributed by atoms with E-state index in [1.165, 1.54) is 0 Å². The molecule has 0 radical (unpaired) electrons. The fourth-order valence-electron chi connectivity index (χ4n) is 4.76. The Labute approximate surface area is 205 Å². The van der Waals surface area contributed by atoms with Gasteiger partial charge in [-0.05, 0) is 51.5 Å². The molecule has 1 amide bonds. The first kappa shape index (κ1) is 23.2. The van der Waals surface area contributed by atoms with Crippen LogP contribution >= 0.6 is 0 Å². The first-order chi connectivity index (χ1) is 16.7. The van der Waals surface area contributed by atoms with Crippen molar-refractivity contribution >= 4 is 23.3 Å². The molecule has 184 valence electrons. The number of amides is 1. The number of morpholine rings is 1. The summed E-state index contributed by atoms with van der Waals surface area (Å²) in [6.45, 7) is 11.6. The van der Waals surface area contributed by atoms with Crippen LogP contribution in [0, 0.1) is 11.3 Å². The third-order valence-corrected chi connectivity index (χ3v) is 6.51. The van der Waals surface area contributed by atoms with Gasteiger partial charge in [0.25, 0.3) is 0 Å². The summed E-state index contributed by atoms with van der Waals surface area (Å²) < 4.78 is 17.4. The van der Waals surface area contributed by atoms with E-state index >= 15 is 0 Å². The molecule has 1 atom stereocenters.